The molecule has 0 N–H and O–H groups in total. The molecule has 0 saturated carbocycles. The third-order valence-electron chi connectivity index (χ3n) is 3.97. The Bertz CT molecular complexity index is 820. The van der Waals surface area contributed by atoms with Crippen LogP contribution in [0.1, 0.15) is 34.8 Å². The predicted molar refractivity (Wildman–Crippen MR) is 82.5 cm³/mol. The molecule has 0 fully saturated rings. The molecule has 114 valence electrons. The highest BCUT2D eigenvalue weighted by molar-refractivity contribution is 5.97. The van der Waals surface area contributed by atoms with Crippen LogP contribution < -0.4 is 0 Å². The smallest absolute Gasteiger partial charge is 0.255 e. The number of carbonyl (C=O) groups excluding carboxylic acids is 1. The minimum Gasteiger partial charge on any atom is -0.467 e. The van der Waals surface area contributed by atoms with Crippen molar-refractivity contribution in [3.8, 4) is 0 Å². The van der Waals surface area contributed by atoms with E-state index in [1.165, 1.54) is 0 Å². The van der Waals surface area contributed by atoms with Gasteiger partial charge in [-0.3, -0.25) is 9.48 Å². The number of amides is 1. The zero-order valence-electron chi connectivity index (χ0n) is 13.1. The lowest BCUT2D eigenvalue weighted by atomic mass is 10.1. The molecule has 0 aliphatic rings. The van der Waals surface area contributed by atoms with Gasteiger partial charge < -0.3 is 9.32 Å². The van der Waals surface area contributed by atoms with Crippen molar-refractivity contribution in [2.24, 2.45) is 7.05 Å². The first-order valence-corrected chi connectivity index (χ1v) is 7.09. The second kappa shape index (κ2) is 5.29. The van der Waals surface area contributed by atoms with Gasteiger partial charge in [-0.2, -0.15) is 5.10 Å². The molecule has 1 atom stereocenters. The average molecular weight is 298 g/mol. The van der Waals surface area contributed by atoms with Gasteiger partial charge >= 0.3 is 0 Å². The number of aromatic nitrogens is 3. The lowest BCUT2D eigenvalue weighted by Gasteiger charge is -2.23. The molecule has 3 heterocycles. The minimum atomic E-state index is -0.145. The number of hydrogen-bond donors (Lipinski definition) is 0. The van der Waals surface area contributed by atoms with Gasteiger partial charge in [-0.1, -0.05) is 0 Å². The number of furan rings is 1. The van der Waals surface area contributed by atoms with E-state index < -0.39 is 0 Å². The largest absolute Gasteiger partial charge is 0.467 e. The lowest BCUT2D eigenvalue weighted by Crippen LogP contribution is -2.29. The van der Waals surface area contributed by atoms with E-state index in [2.05, 4.69) is 10.1 Å². The first-order valence-electron chi connectivity index (χ1n) is 7.09. The van der Waals surface area contributed by atoms with Crippen molar-refractivity contribution in [3.05, 3.63) is 47.7 Å². The molecule has 3 aromatic rings. The Kier molecular flexibility index (Phi) is 3.44. The Hall–Kier alpha value is -2.63. The fourth-order valence-corrected chi connectivity index (χ4v) is 2.52. The Morgan fingerprint density at radius 2 is 2.23 bits per heavy atom. The topological polar surface area (TPSA) is 64.2 Å². The van der Waals surface area contributed by atoms with E-state index in [0.717, 1.165) is 22.5 Å². The molecule has 22 heavy (non-hydrogen) atoms. The molecule has 3 aromatic heterocycles. The summed E-state index contributed by atoms with van der Waals surface area (Å²) >= 11 is 0. The van der Waals surface area contributed by atoms with Crippen LogP contribution in [0.3, 0.4) is 0 Å². The maximum absolute atomic E-state index is 12.7. The van der Waals surface area contributed by atoms with Crippen LogP contribution in [0.25, 0.3) is 11.0 Å². The third-order valence-corrected chi connectivity index (χ3v) is 3.97. The standard InChI is InChI=1S/C16H18N4O2/c1-10-13-8-12(9-17-15(13)20(4)18-10)16(21)19(3)11(2)14-6-5-7-22-14/h5-9,11H,1-4H3. The van der Waals surface area contributed by atoms with Crippen LogP contribution >= 0.6 is 0 Å². The Morgan fingerprint density at radius 1 is 1.45 bits per heavy atom. The highest BCUT2D eigenvalue weighted by Gasteiger charge is 2.22. The SMILES string of the molecule is Cc1nn(C)c2ncc(C(=O)N(C)C(C)c3ccco3)cc12. The van der Waals surface area contributed by atoms with Crippen LogP contribution in [0.5, 0.6) is 0 Å². The molecule has 0 aromatic carbocycles. The zero-order valence-corrected chi connectivity index (χ0v) is 13.1. The second-order valence-electron chi connectivity index (χ2n) is 5.41. The Labute approximate surface area is 128 Å². The molecule has 0 aliphatic heterocycles. The predicted octanol–water partition coefficient (Wildman–Crippen LogP) is 2.70. The van der Waals surface area contributed by atoms with Gasteiger partial charge in [-0.15, -0.1) is 0 Å². The van der Waals surface area contributed by atoms with E-state index >= 15 is 0 Å². The molecule has 6 heteroatoms. The van der Waals surface area contributed by atoms with Crippen molar-refractivity contribution >= 4 is 16.9 Å². The van der Waals surface area contributed by atoms with Crippen LogP contribution in [-0.4, -0.2) is 32.6 Å². The van der Waals surface area contributed by atoms with E-state index in [1.54, 1.807) is 29.1 Å². The van der Waals surface area contributed by atoms with Crippen molar-refractivity contribution in [2.45, 2.75) is 19.9 Å². The summed E-state index contributed by atoms with van der Waals surface area (Å²) in [5.41, 5.74) is 2.18. The van der Waals surface area contributed by atoms with Crippen LogP contribution in [0.4, 0.5) is 0 Å². The monoisotopic (exact) mass is 298 g/mol. The zero-order chi connectivity index (χ0) is 15.9. The molecule has 1 unspecified atom stereocenters. The number of aryl methyl sites for hydroxylation is 2. The quantitative estimate of drug-likeness (QED) is 0.745. The summed E-state index contributed by atoms with van der Waals surface area (Å²) in [4.78, 5) is 18.7. The molecular weight excluding hydrogens is 280 g/mol. The van der Waals surface area contributed by atoms with Crippen LogP contribution in [-0.2, 0) is 7.05 Å². The van der Waals surface area contributed by atoms with Gasteiger partial charge in [-0.25, -0.2) is 4.98 Å². The molecule has 0 saturated heterocycles. The van der Waals surface area contributed by atoms with Gasteiger partial charge in [0.15, 0.2) is 5.65 Å². The van der Waals surface area contributed by atoms with Crippen molar-refractivity contribution in [1.82, 2.24) is 19.7 Å². The van der Waals surface area contributed by atoms with Gasteiger partial charge in [0.05, 0.1) is 23.6 Å². The van der Waals surface area contributed by atoms with Gasteiger partial charge in [0.25, 0.3) is 5.91 Å². The number of carbonyl (C=O) groups is 1. The number of fused-ring (bicyclic) bond motifs is 1. The average Bonchev–Trinajstić information content (AvgIpc) is 3.14. The fourth-order valence-electron chi connectivity index (χ4n) is 2.52. The van der Waals surface area contributed by atoms with E-state index in [1.807, 2.05) is 39.1 Å². The lowest BCUT2D eigenvalue weighted by molar-refractivity contribution is 0.0726. The maximum Gasteiger partial charge on any atom is 0.255 e. The highest BCUT2D eigenvalue weighted by Crippen LogP contribution is 2.22. The summed E-state index contributed by atoms with van der Waals surface area (Å²) in [7, 11) is 3.60. The fraction of sp³-hybridized carbons (Fsp3) is 0.312. The Morgan fingerprint density at radius 3 is 2.91 bits per heavy atom. The van der Waals surface area contributed by atoms with Gasteiger partial charge in [0.2, 0.25) is 0 Å². The molecular formula is C16H18N4O2. The number of nitrogens with zero attached hydrogens (tertiary/aromatic N) is 4. The summed E-state index contributed by atoms with van der Waals surface area (Å²) in [6, 6.07) is 5.38. The van der Waals surface area contributed by atoms with Crippen LogP contribution in [0.15, 0.2) is 35.1 Å². The number of pyridine rings is 1. The van der Waals surface area contributed by atoms with E-state index in [-0.39, 0.29) is 11.9 Å². The molecule has 1 amide bonds. The molecule has 0 spiro atoms. The summed E-state index contributed by atoms with van der Waals surface area (Å²) in [5.74, 6) is 0.656. The van der Waals surface area contributed by atoms with E-state index in [4.69, 9.17) is 4.42 Å². The summed E-state index contributed by atoms with van der Waals surface area (Å²) < 4.78 is 7.09. The van der Waals surface area contributed by atoms with Crippen LogP contribution in [0.2, 0.25) is 0 Å². The molecule has 0 aliphatic carbocycles. The molecule has 3 rings (SSSR count). The molecule has 0 bridgehead atoms. The maximum atomic E-state index is 12.7. The normalized spacial score (nSPS) is 12.5. The van der Waals surface area contributed by atoms with E-state index in [0.29, 0.717) is 5.56 Å². The Balaban J connectivity index is 1.93. The van der Waals surface area contributed by atoms with E-state index in [9.17, 15) is 4.79 Å². The number of hydrogen-bond acceptors (Lipinski definition) is 4. The summed E-state index contributed by atoms with van der Waals surface area (Å²) in [6.45, 7) is 3.84. The first-order chi connectivity index (χ1) is 10.5. The van der Waals surface area contributed by atoms with Crippen molar-refractivity contribution in [3.63, 3.8) is 0 Å². The molecule has 0 radical (unpaired) electrons. The van der Waals surface area contributed by atoms with Gasteiger partial charge in [0, 0.05) is 25.7 Å². The second-order valence-corrected chi connectivity index (χ2v) is 5.41. The van der Waals surface area contributed by atoms with Crippen LogP contribution in [0, 0.1) is 6.92 Å². The van der Waals surface area contributed by atoms with Gasteiger partial charge in [0.1, 0.15) is 5.76 Å². The first kappa shape index (κ1) is 14.3. The van der Waals surface area contributed by atoms with Gasteiger partial charge in [-0.05, 0) is 32.0 Å². The molecule has 6 nitrogen and oxygen atoms in total. The van der Waals surface area contributed by atoms with Crippen molar-refractivity contribution < 1.29 is 9.21 Å². The van der Waals surface area contributed by atoms with Crippen molar-refractivity contribution in [1.29, 1.82) is 0 Å². The summed E-state index contributed by atoms with van der Waals surface area (Å²) in [6.07, 6.45) is 3.20. The number of rotatable bonds is 3. The minimum absolute atomic E-state index is 0.0958. The van der Waals surface area contributed by atoms with Crippen molar-refractivity contribution in [2.75, 3.05) is 7.05 Å². The third kappa shape index (κ3) is 2.26. The summed E-state index contributed by atoms with van der Waals surface area (Å²) in [5, 5.41) is 5.22. The highest BCUT2D eigenvalue weighted by atomic mass is 16.3.